The summed E-state index contributed by atoms with van der Waals surface area (Å²) in [5.41, 5.74) is 0. The Morgan fingerprint density at radius 2 is 1.89 bits per heavy atom. The summed E-state index contributed by atoms with van der Waals surface area (Å²) in [6, 6.07) is 0. The Morgan fingerprint density at radius 3 is 1.89 bits per heavy atom. The van der Waals surface area contributed by atoms with Crippen molar-refractivity contribution in [3.63, 3.8) is 0 Å². The van der Waals surface area contributed by atoms with Crippen molar-refractivity contribution in [2.24, 2.45) is 0 Å². The molecule has 9 heavy (non-hydrogen) atoms. The van der Waals surface area contributed by atoms with Gasteiger partial charge in [-0.05, 0) is 0 Å². The summed E-state index contributed by atoms with van der Waals surface area (Å²) >= 11 is 0. The van der Waals surface area contributed by atoms with Gasteiger partial charge >= 0.3 is 57.4 Å². The van der Waals surface area contributed by atoms with Crippen LogP contribution < -0.4 is 56.5 Å². The zero-order valence-electron chi connectivity index (χ0n) is 4.63. The van der Waals surface area contributed by atoms with Crippen LogP contribution in [-0.4, -0.2) is 23.2 Å². The summed E-state index contributed by atoms with van der Waals surface area (Å²) < 4.78 is 11.4. The Morgan fingerprint density at radius 1 is 1.56 bits per heavy atom. The second-order valence-corrected chi connectivity index (χ2v) is 1.02. The first-order valence-corrected chi connectivity index (χ1v) is 1.63. The Balaban J connectivity index is 0. The molecule has 0 bridgehead atoms. The quantitative estimate of drug-likeness (QED) is 0.324. The van der Waals surface area contributed by atoms with E-state index in [0.29, 0.717) is 0 Å². The van der Waals surface area contributed by atoms with E-state index >= 15 is 0 Å². The smallest absolute Gasteiger partial charge is 0.546 e. The number of aliphatic carboxylic acids is 2. The van der Waals surface area contributed by atoms with Crippen molar-refractivity contribution in [2.75, 3.05) is 0 Å². The molecule has 1 unspecified atom stereocenters. The molecular formula is C3H2FKO4. The monoisotopic (exact) mass is 160 g/mol. The minimum Gasteiger partial charge on any atom is -0.546 e. The molecule has 0 heterocycles. The van der Waals surface area contributed by atoms with Crippen LogP contribution in [-0.2, 0) is 9.59 Å². The number of halogens is 1. The van der Waals surface area contributed by atoms with Crippen molar-refractivity contribution in [2.45, 2.75) is 6.17 Å². The van der Waals surface area contributed by atoms with Gasteiger partial charge in [-0.25, -0.2) is 9.18 Å². The van der Waals surface area contributed by atoms with Crippen LogP contribution in [0, 0.1) is 0 Å². The van der Waals surface area contributed by atoms with Gasteiger partial charge in [0.05, 0.1) is 5.97 Å². The zero-order valence-corrected chi connectivity index (χ0v) is 7.75. The van der Waals surface area contributed by atoms with E-state index in [1.165, 1.54) is 0 Å². The Bertz CT molecular complexity index is 111. The minimum atomic E-state index is -2.91. The van der Waals surface area contributed by atoms with Gasteiger partial charge in [-0.2, -0.15) is 0 Å². The molecule has 0 aromatic rings. The Labute approximate surface area is 92.5 Å². The first kappa shape index (κ1) is 12.2. The maximum Gasteiger partial charge on any atom is 1.00 e. The number of carbonyl (C=O) groups excluding carboxylic acids is 1. The van der Waals surface area contributed by atoms with Crippen LogP contribution in [0.5, 0.6) is 0 Å². The molecule has 0 amide bonds. The van der Waals surface area contributed by atoms with Crippen LogP contribution in [0.1, 0.15) is 0 Å². The predicted octanol–water partition coefficient (Wildman–Crippen LogP) is -4.84. The third kappa shape index (κ3) is 4.98. The van der Waals surface area contributed by atoms with Gasteiger partial charge in [-0.15, -0.1) is 0 Å². The number of carboxylic acid groups (broad SMARTS) is 2. The van der Waals surface area contributed by atoms with E-state index in [2.05, 4.69) is 0 Å². The molecular weight excluding hydrogens is 158 g/mol. The molecule has 0 aliphatic rings. The van der Waals surface area contributed by atoms with Crippen LogP contribution >= 0.6 is 0 Å². The number of hydrogen-bond acceptors (Lipinski definition) is 3. The fraction of sp³-hybridized carbons (Fsp3) is 0.333. The van der Waals surface area contributed by atoms with E-state index in [-0.39, 0.29) is 51.4 Å². The van der Waals surface area contributed by atoms with Crippen molar-refractivity contribution in [3.05, 3.63) is 0 Å². The van der Waals surface area contributed by atoms with Gasteiger partial charge in [-0.3, -0.25) is 0 Å². The van der Waals surface area contributed by atoms with Crippen LogP contribution in [0.25, 0.3) is 0 Å². The maximum absolute atomic E-state index is 11.4. The van der Waals surface area contributed by atoms with E-state index in [4.69, 9.17) is 5.11 Å². The van der Waals surface area contributed by atoms with E-state index < -0.39 is 18.1 Å². The fourth-order valence-electron chi connectivity index (χ4n) is 0.101. The van der Waals surface area contributed by atoms with Gasteiger partial charge in [0.25, 0.3) is 0 Å². The SMILES string of the molecule is O=C([O-])C(F)C(=O)O.[K+]. The van der Waals surface area contributed by atoms with Crippen molar-refractivity contribution in [3.8, 4) is 0 Å². The molecule has 0 radical (unpaired) electrons. The number of hydrogen-bond donors (Lipinski definition) is 1. The van der Waals surface area contributed by atoms with Gasteiger partial charge in [0.1, 0.15) is 0 Å². The first-order chi connectivity index (χ1) is 3.55. The second-order valence-electron chi connectivity index (χ2n) is 1.02. The number of carbonyl (C=O) groups is 2. The molecule has 0 saturated heterocycles. The normalized spacial score (nSPS) is 11.2. The molecule has 0 spiro atoms. The van der Waals surface area contributed by atoms with E-state index in [0.717, 1.165) is 0 Å². The van der Waals surface area contributed by atoms with Gasteiger partial charge in [0.15, 0.2) is 0 Å². The summed E-state index contributed by atoms with van der Waals surface area (Å²) in [7, 11) is 0. The Hall–Kier alpha value is 0.506. The van der Waals surface area contributed by atoms with Gasteiger partial charge in [0, 0.05) is 0 Å². The topological polar surface area (TPSA) is 77.4 Å². The first-order valence-electron chi connectivity index (χ1n) is 1.63. The molecule has 0 saturated carbocycles. The molecule has 0 rings (SSSR count). The van der Waals surface area contributed by atoms with Crippen LogP contribution in [0.4, 0.5) is 4.39 Å². The molecule has 0 aliphatic carbocycles. The fourth-order valence-corrected chi connectivity index (χ4v) is 0.101. The molecule has 0 aromatic heterocycles. The summed E-state index contributed by atoms with van der Waals surface area (Å²) in [5.74, 6) is -4.26. The minimum absolute atomic E-state index is 0. The molecule has 1 N–H and O–H groups in total. The third-order valence-corrected chi connectivity index (χ3v) is 0.424. The van der Waals surface area contributed by atoms with Crippen LogP contribution in [0.15, 0.2) is 0 Å². The summed E-state index contributed by atoms with van der Waals surface area (Å²) in [4.78, 5) is 18.6. The van der Waals surface area contributed by atoms with Gasteiger partial charge in [0.2, 0.25) is 6.17 Å². The van der Waals surface area contributed by atoms with Crippen molar-refractivity contribution >= 4 is 11.9 Å². The third-order valence-electron chi connectivity index (χ3n) is 0.424. The van der Waals surface area contributed by atoms with Crippen LogP contribution in [0.3, 0.4) is 0 Å². The predicted molar refractivity (Wildman–Crippen MR) is 17.5 cm³/mol. The summed E-state index contributed by atoms with van der Waals surface area (Å²) in [5, 5.41) is 16.8. The number of rotatable bonds is 2. The molecule has 0 aliphatic heterocycles. The standard InChI is InChI=1S/C3H3FO4.K/c4-1(2(5)6)3(7)8;/h1H,(H,5,6)(H,7,8);/q;+1/p-1. The van der Waals surface area contributed by atoms with E-state index in [1.54, 1.807) is 0 Å². The molecule has 0 fully saturated rings. The van der Waals surface area contributed by atoms with Gasteiger partial charge < -0.3 is 15.0 Å². The largest absolute Gasteiger partial charge is 1.00 e. The second kappa shape index (κ2) is 5.30. The van der Waals surface area contributed by atoms with Gasteiger partial charge in [-0.1, -0.05) is 0 Å². The zero-order chi connectivity index (χ0) is 6.73. The Kier molecular flexibility index (Phi) is 7.19. The van der Waals surface area contributed by atoms with Crippen LogP contribution in [0.2, 0.25) is 0 Å². The summed E-state index contributed by atoms with van der Waals surface area (Å²) in [6.07, 6.45) is -2.91. The molecule has 6 heteroatoms. The van der Waals surface area contributed by atoms with Crippen molar-refractivity contribution in [1.82, 2.24) is 0 Å². The average Bonchev–Trinajstić information content (AvgIpc) is 1.64. The molecule has 1 atom stereocenters. The number of alkyl halides is 1. The summed E-state index contributed by atoms with van der Waals surface area (Å²) in [6.45, 7) is 0. The van der Waals surface area contributed by atoms with E-state index in [1.807, 2.05) is 0 Å². The molecule has 4 nitrogen and oxygen atoms in total. The van der Waals surface area contributed by atoms with Crippen molar-refractivity contribution in [1.29, 1.82) is 0 Å². The molecule has 46 valence electrons. The molecule has 0 aromatic carbocycles. The average molecular weight is 160 g/mol. The maximum atomic E-state index is 11.4. The van der Waals surface area contributed by atoms with Crippen molar-refractivity contribution < 1.29 is 75.6 Å². The van der Waals surface area contributed by atoms with E-state index in [9.17, 15) is 19.1 Å². The number of carboxylic acids is 2.